The molecule has 0 atom stereocenters. The van der Waals surface area contributed by atoms with Gasteiger partial charge in [-0.1, -0.05) is 12.1 Å². The van der Waals surface area contributed by atoms with Crippen molar-refractivity contribution in [2.45, 2.75) is 14.7 Å². The largest absolute Gasteiger partial charge is 1.00 e. The Morgan fingerprint density at radius 2 is 0.702 bits per heavy atom. The Morgan fingerprint density at radius 3 is 1.05 bits per heavy atom. The van der Waals surface area contributed by atoms with Crippen molar-refractivity contribution in [3.05, 3.63) is 91.0 Å². The average molecular weight is 861 g/mol. The molecule has 5 aromatic carbocycles. The van der Waals surface area contributed by atoms with Crippen molar-refractivity contribution in [2.75, 3.05) is 22.9 Å². The molecule has 0 fully saturated rings. The molecule has 0 heterocycles. The molecule has 0 saturated heterocycles. The molecule has 0 bridgehead atoms. The number of nitrogens with two attached hydrogens (primary N) is 4. The van der Waals surface area contributed by atoms with Gasteiger partial charge in [-0.15, -0.1) is 25.6 Å². The van der Waals surface area contributed by atoms with Crippen LogP contribution in [0.15, 0.2) is 147 Å². The molecular formula is C30H23N12Na3O9S3. The number of nitrogens with zero attached hydrogens (tertiary/aromatic N) is 8. The van der Waals surface area contributed by atoms with E-state index in [4.69, 9.17) is 22.9 Å². The van der Waals surface area contributed by atoms with E-state index in [1.807, 2.05) is 0 Å². The van der Waals surface area contributed by atoms with E-state index < -0.39 is 50.7 Å². The van der Waals surface area contributed by atoms with Crippen molar-refractivity contribution in [1.29, 1.82) is 0 Å². The van der Waals surface area contributed by atoms with Gasteiger partial charge in [0.05, 0.1) is 54.5 Å². The maximum absolute atomic E-state index is 12.0. The van der Waals surface area contributed by atoms with Crippen LogP contribution in [0.4, 0.5) is 68.2 Å². The third-order valence-corrected chi connectivity index (χ3v) is 9.41. The number of hydrogen-bond donors (Lipinski definition) is 4. The summed E-state index contributed by atoms with van der Waals surface area (Å²) in [5, 5.41) is 31.6. The van der Waals surface area contributed by atoms with E-state index in [2.05, 4.69) is 40.9 Å². The SMILES string of the molecule is Nc1cc(N)c(N=Nc2ccc(S(=O)(=O)[O-])c(N=Nc3cc(N=Nc4cccc(S(=O)(=O)[O-])c4)c(N)cc3N)c2)cc1N=Nc1cccc(S(=O)(=O)[O-])c1.[Na+].[Na+].[Na+]. The molecule has 278 valence electrons. The van der Waals surface area contributed by atoms with Gasteiger partial charge in [-0.25, -0.2) is 25.3 Å². The van der Waals surface area contributed by atoms with E-state index in [-0.39, 0.29) is 151 Å². The van der Waals surface area contributed by atoms with E-state index in [0.29, 0.717) is 0 Å². The Hall–Kier alpha value is -3.57. The van der Waals surface area contributed by atoms with Gasteiger partial charge in [-0.05, 0) is 78.9 Å². The molecule has 27 heteroatoms. The van der Waals surface area contributed by atoms with Gasteiger partial charge in [0.15, 0.2) is 0 Å². The van der Waals surface area contributed by atoms with Crippen molar-refractivity contribution in [1.82, 2.24) is 0 Å². The van der Waals surface area contributed by atoms with E-state index in [1.165, 1.54) is 48.5 Å². The second kappa shape index (κ2) is 20.4. The van der Waals surface area contributed by atoms with Gasteiger partial charge in [-0.2, -0.15) is 15.3 Å². The fourth-order valence-corrected chi connectivity index (χ4v) is 5.88. The molecule has 0 aliphatic heterocycles. The van der Waals surface area contributed by atoms with E-state index >= 15 is 0 Å². The van der Waals surface area contributed by atoms with Crippen LogP contribution >= 0.6 is 0 Å². The zero-order chi connectivity index (χ0) is 39.4. The van der Waals surface area contributed by atoms with Crippen LogP contribution in [0.2, 0.25) is 0 Å². The molecule has 0 saturated carbocycles. The summed E-state index contributed by atoms with van der Waals surface area (Å²) in [6.45, 7) is 0. The normalized spacial score (nSPS) is 12.1. The van der Waals surface area contributed by atoms with Gasteiger partial charge in [0.2, 0.25) is 0 Å². The molecule has 5 rings (SSSR count). The summed E-state index contributed by atoms with van der Waals surface area (Å²) >= 11 is 0. The minimum atomic E-state index is -5.09. The Bertz CT molecular complexity index is 2770. The first-order chi connectivity index (χ1) is 25.3. The zero-order valence-electron chi connectivity index (χ0n) is 29.9. The van der Waals surface area contributed by atoms with Crippen LogP contribution in [0.1, 0.15) is 0 Å². The Morgan fingerprint density at radius 1 is 0.368 bits per heavy atom. The number of azo groups is 4. The fourth-order valence-electron chi connectivity index (χ4n) is 4.27. The van der Waals surface area contributed by atoms with Gasteiger partial charge in [0.25, 0.3) is 0 Å². The van der Waals surface area contributed by atoms with E-state index in [0.717, 1.165) is 42.5 Å². The molecule has 0 aliphatic rings. The zero-order valence-corrected chi connectivity index (χ0v) is 38.4. The van der Waals surface area contributed by atoms with Gasteiger partial charge in [-0.3, -0.25) is 0 Å². The number of nitrogen functional groups attached to an aromatic ring is 4. The number of hydrogen-bond acceptors (Lipinski definition) is 21. The van der Waals surface area contributed by atoms with Gasteiger partial charge in [0, 0.05) is 0 Å². The summed E-state index contributed by atoms with van der Waals surface area (Å²) < 4.78 is 104. The fraction of sp³-hybridized carbons (Fsp3) is 0. The molecule has 8 N–H and O–H groups in total. The monoisotopic (exact) mass is 860 g/mol. The van der Waals surface area contributed by atoms with E-state index in [1.54, 1.807) is 0 Å². The maximum atomic E-state index is 12.0. The van der Waals surface area contributed by atoms with Crippen molar-refractivity contribution in [3.8, 4) is 0 Å². The minimum absolute atomic E-state index is 0. The first-order valence-corrected chi connectivity index (χ1v) is 18.8. The quantitative estimate of drug-likeness (QED) is 0.0459. The summed E-state index contributed by atoms with van der Waals surface area (Å²) in [6.07, 6.45) is 0. The first kappa shape index (κ1) is 49.6. The molecule has 0 spiro atoms. The molecule has 0 unspecified atom stereocenters. The summed E-state index contributed by atoms with van der Waals surface area (Å²) in [4.78, 5) is -1.81. The molecular weight excluding hydrogens is 838 g/mol. The van der Waals surface area contributed by atoms with Gasteiger partial charge < -0.3 is 36.6 Å². The molecule has 0 amide bonds. The predicted molar refractivity (Wildman–Crippen MR) is 190 cm³/mol. The van der Waals surface area contributed by atoms with Crippen LogP contribution in [-0.2, 0) is 30.4 Å². The molecule has 5 aromatic rings. The minimum Gasteiger partial charge on any atom is -0.744 e. The predicted octanol–water partition coefficient (Wildman–Crippen LogP) is -2.60. The molecule has 0 radical (unpaired) electrons. The summed E-state index contributed by atoms with van der Waals surface area (Å²) in [7, 11) is -14.6. The molecule has 57 heavy (non-hydrogen) atoms. The van der Waals surface area contributed by atoms with Crippen LogP contribution in [0.3, 0.4) is 0 Å². The topological polar surface area (TPSA) is 375 Å². The van der Waals surface area contributed by atoms with Gasteiger partial charge >= 0.3 is 88.7 Å². The van der Waals surface area contributed by atoms with Gasteiger partial charge in [0.1, 0.15) is 58.8 Å². The number of benzene rings is 5. The average Bonchev–Trinajstić information content (AvgIpc) is 3.09. The summed E-state index contributed by atoms with van der Waals surface area (Å²) in [5.41, 5.74) is 23.6. The third kappa shape index (κ3) is 13.5. The van der Waals surface area contributed by atoms with Crippen molar-refractivity contribution >= 4 is 98.6 Å². The van der Waals surface area contributed by atoms with Crippen LogP contribution in [0, 0.1) is 0 Å². The van der Waals surface area contributed by atoms with Crippen LogP contribution in [0.25, 0.3) is 0 Å². The second-order valence-electron chi connectivity index (χ2n) is 10.7. The maximum Gasteiger partial charge on any atom is 1.00 e. The van der Waals surface area contributed by atoms with Crippen molar-refractivity contribution in [2.24, 2.45) is 40.9 Å². The van der Waals surface area contributed by atoms with Crippen molar-refractivity contribution < 1.29 is 128 Å². The molecule has 21 nitrogen and oxygen atoms in total. The smallest absolute Gasteiger partial charge is 0.744 e. The first-order valence-electron chi connectivity index (χ1n) is 14.5. The summed E-state index contributed by atoms with van der Waals surface area (Å²) in [6, 6.07) is 17.8. The van der Waals surface area contributed by atoms with Crippen LogP contribution in [-0.4, -0.2) is 38.9 Å². The van der Waals surface area contributed by atoms with Crippen molar-refractivity contribution in [3.63, 3.8) is 0 Å². The Balaban J connectivity index is 0.00000374. The standard InChI is InChI=1S/C30H26N12O9S3.3Na/c31-21-12-22(32)26(14-25(21)38-35-16-3-1-5-19(9-16)52(43,44)45)40-37-18-7-8-30(54(49,50)51)29(11-18)42-41-28-15-27(23(33)13-24(28)34)39-36-17-4-2-6-20(10-17)53(46,47)48;;;/h1-15H,31-34H2,(H,43,44,45)(H,46,47,48)(H,49,50,51);;;/q;3*+1/p-3. The molecule has 0 aromatic heterocycles. The molecule has 0 aliphatic carbocycles. The summed E-state index contributed by atoms with van der Waals surface area (Å²) in [5.74, 6) is 0. The Labute approximate surface area is 391 Å². The second-order valence-corrected chi connectivity index (χ2v) is 14.9. The van der Waals surface area contributed by atoms with Crippen LogP contribution in [0.5, 0.6) is 0 Å². The third-order valence-electron chi connectivity index (χ3n) is 6.86. The van der Waals surface area contributed by atoms with E-state index in [9.17, 15) is 38.9 Å². The Kier molecular flexibility index (Phi) is 17.8. The van der Waals surface area contributed by atoms with Crippen LogP contribution < -0.4 is 112 Å². The number of anilines is 4. The number of rotatable bonds is 11.